The molecule has 1 N–H and O–H groups in total. The first-order chi connectivity index (χ1) is 18.5. The van der Waals surface area contributed by atoms with E-state index in [0.717, 1.165) is 11.1 Å². The lowest BCUT2D eigenvalue weighted by Crippen LogP contribution is -2.49. The summed E-state index contributed by atoms with van der Waals surface area (Å²) in [7, 11) is 1.68. The molecule has 38 heavy (non-hydrogen) atoms. The number of carbonyl (C=O) groups is 2. The van der Waals surface area contributed by atoms with Crippen molar-refractivity contribution in [2.24, 2.45) is 0 Å². The number of nitrogens with zero attached hydrogens (tertiary/aromatic N) is 1. The van der Waals surface area contributed by atoms with Gasteiger partial charge in [0, 0.05) is 19.9 Å². The molecule has 3 atom stereocenters. The molecule has 0 aliphatic carbocycles. The maximum absolute atomic E-state index is 13.9. The van der Waals surface area contributed by atoms with Crippen LogP contribution in [0, 0.1) is 0 Å². The zero-order valence-electron chi connectivity index (χ0n) is 21.6. The second-order valence-electron chi connectivity index (χ2n) is 9.66. The van der Waals surface area contributed by atoms with Gasteiger partial charge in [-0.3, -0.25) is 9.59 Å². The van der Waals surface area contributed by atoms with Crippen LogP contribution in [0.2, 0.25) is 0 Å². The van der Waals surface area contributed by atoms with E-state index >= 15 is 0 Å². The average Bonchev–Trinajstić information content (AvgIpc) is 3.41. The molecular formula is C31H32N2O5. The summed E-state index contributed by atoms with van der Waals surface area (Å²) >= 11 is 0. The summed E-state index contributed by atoms with van der Waals surface area (Å²) in [5.41, 5.74) is 2.30. The van der Waals surface area contributed by atoms with E-state index in [9.17, 15) is 9.59 Å². The summed E-state index contributed by atoms with van der Waals surface area (Å²) in [5, 5.41) is 3.22. The number of likely N-dealkylation sites (N-methyl/N-ethyl adjacent to an activating group) is 1. The van der Waals surface area contributed by atoms with Crippen molar-refractivity contribution in [3.05, 3.63) is 102 Å². The number of fused-ring (bicyclic) bond motifs is 2. The Morgan fingerprint density at radius 3 is 2.45 bits per heavy atom. The van der Waals surface area contributed by atoms with Crippen LogP contribution >= 0.6 is 0 Å². The molecule has 5 rings (SSSR count). The molecule has 3 aromatic rings. The van der Waals surface area contributed by atoms with Gasteiger partial charge in [-0.2, -0.15) is 0 Å². The molecule has 0 unspecified atom stereocenters. The molecule has 0 aromatic heterocycles. The van der Waals surface area contributed by atoms with Crippen LogP contribution in [-0.2, 0) is 11.2 Å². The zero-order chi connectivity index (χ0) is 26.5. The van der Waals surface area contributed by atoms with Crippen LogP contribution in [0.1, 0.15) is 47.3 Å². The summed E-state index contributed by atoms with van der Waals surface area (Å²) in [6, 6.07) is 21.6. The first-order valence-corrected chi connectivity index (χ1v) is 12.9. The van der Waals surface area contributed by atoms with E-state index < -0.39 is 6.04 Å². The Kier molecular flexibility index (Phi) is 7.63. The van der Waals surface area contributed by atoms with Crippen molar-refractivity contribution < 1.29 is 23.8 Å². The van der Waals surface area contributed by atoms with Crippen LogP contribution in [0.4, 0.5) is 0 Å². The number of ether oxygens (including phenoxy) is 3. The normalized spacial score (nSPS) is 22.6. The number of nitrogens with one attached hydrogen (secondary N) is 1. The van der Waals surface area contributed by atoms with Crippen LogP contribution in [-0.4, -0.2) is 42.7 Å². The van der Waals surface area contributed by atoms with Crippen LogP contribution < -0.4 is 19.5 Å². The van der Waals surface area contributed by atoms with Crippen molar-refractivity contribution in [2.45, 2.75) is 44.4 Å². The van der Waals surface area contributed by atoms with E-state index in [0.29, 0.717) is 42.1 Å². The van der Waals surface area contributed by atoms with Gasteiger partial charge in [-0.1, -0.05) is 60.7 Å². The minimum Gasteiger partial charge on any atom is -0.490 e. The minimum absolute atomic E-state index is 0.132. The third-order valence-electron chi connectivity index (χ3n) is 6.93. The van der Waals surface area contributed by atoms with Crippen molar-refractivity contribution in [2.75, 3.05) is 13.8 Å². The highest BCUT2D eigenvalue weighted by Crippen LogP contribution is 2.35. The van der Waals surface area contributed by atoms with E-state index in [1.54, 1.807) is 19.2 Å². The monoisotopic (exact) mass is 512 g/mol. The molecule has 2 aliphatic heterocycles. The van der Waals surface area contributed by atoms with E-state index in [1.165, 1.54) is 4.90 Å². The number of hydrogen-bond acceptors (Lipinski definition) is 5. The first-order valence-electron chi connectivity index (χ1n) is 12.9. The van der Waals surface area contributed by atoms with Crippen LogP contribution in [0.3, 0.4) is 0 Å². The van der Waals surface area contributed by atoms with Crippen LogP contribution in [0.25, 0.3) is 0 Å². The van der Waals surface area contributed by atoms with Gasteiger partial charge in [0.05, 0.1) is 17.7 Å². The van der Waals surface area contributed by atoms with Gasteiger partial charge in [0.15, 0.2) is 11.5 Å². The van der Waals surface area contributed by atoms with Gasteiger partial charge >= 0.3 is 0 Å². The number of benzene rings is 3. The van der Waals surface area contributed by atoms with Gasteiger partial charge in [0.1, 0.15) is 11.8 Å². The van der Waals surface area contributed by atoms with Crippen molar-refractivity contribution in [1.82, 2.24) is 10.2 Å². The van der Waals surface area contributed by atoms with Gasteiger partial charge in [-0.25, -0.2) is 0 Å². The Morgan fingerprint density at radius 2 is 1.61 bits per heavy atom. The summed E-state index contributed by atoms with van der Waals surface area (Å²) in [6.45, 7) is 2.16. The number of para-hydroxylation sites is 1. The van der Waals surface area contributed by atoms with Gasteiger partial charge in [-0.05, 0) is 48.7 Å². The fraction of sp³-hybridized carbons (Fsp3) is 0.290. The molecule has 7 nitrogen and oxygen atoms in total. The molecular weight excluding hydrogens is 480 g/mol. The molecule has 2 amide bonds. The number of amides is 2. The minimum atomic E-state index is -0.737. The fourth-order valence-corrected chi connectivity index (χ4v) is 4.78. The summed E-state index contributed by atoms with van der Waals surface area (Å²) in [5.74, 6) is 1.36. The molecule has 0 saturated heterocycles. The van der Waals surface area contributed by atoms with Crippen molar-refractivity contribution in [3.8, 4) is 17.2 Å². The van der Waals surface area contributed by atoms with Crippen LogP contribution in [0.5, 0.6) is 17.2 Å². The highest BCUT2D eigenvalue weighted by molar-refractivity contribution is 5.99. The third-order valence-corrected chi connectivity index (χ3v) is 6.93. The average molecular weight is 513 g/mol. The molecule has 196 valence electrons. The Morgan fingerprint density at radius 1 is 0.868 bits per heavy atom. The third kappa shape index (κ3) is 5.67. The molecule has 0 fully saturated rings. The van der Waals surface area contributed by atoms with E-state index in [-0.39, 0.29) is 30.8 Å². The van der Waals surface area contributed by atoms with E-state index in [1.807, 2.05) is 67.6 Å². The summed E-state index contributed by atoms with van der Waals surface area (Å²) in [6.07, 6.45) is 5.60. The molecule has 0 radical (unpaired) electrons. The topological polar surface area (TPSA) is 77.1 Å². The number of rotatable bonds is 3. The fourth-order valence-electron chi connectivity index (χ4n) is 4.78. The summed E-state index contributed by atoms with van der Waals surface area (Å²) < 4.78 is 17.2. The molecule has 2 aliphatic rings. The molecule has 0 spiro atoms. The number of hydrogen-bond donors (Lipinski definition) is 1. The molecule has 0 bridgehead atoms. The van der Waals surface area contributed by atoms with Crippen LogP contribution in [0.15, 0.2) is 84.9 Å². The Labute approximate surface area is 223 Å². The van der Waals surface area contributed by atoms with Gasteiger partial charge in [0.25, 0.3) is 5.91 Å². The van der Waals surface area contributed by atoms with Gasteiger partial charge in [0.2, 0.25) is 12.7 Å². The van der Waals surface area contributed by atoms with Crippen molar-refractivity contribution in [3.63, 3.8) is 0 Å². The Balaban J connectivity index is 1.51. The molecule has 3 aromatic carbocycles. The van der Waals surface area contributed by atoms with Crippen molar-refractivity contribution >= 4 is 11.8 Å². The number of carbonyl (C=O) groups excluding carboxylic acids is 2. The summed E-state index contributed by atoms with van der Waals surface area (Å²) in [4.78, 5) is 29.2. The highest BCUT2D eigenvalue weighted by Gasteiger charge is 2.31. The lowest BCUT2D eigenvalue weighted by molar-refractivity contribution is -0.126. The highest BCUT2D eigenvalue weighted by atomic mass is 16.7. The lowest BCUT2D eigenvalue weighted by atomic mass is 9.99. The zero-order valence-corrected chi connectivity index (χ0v) is 21.6. The Hall–Kier alpha value is -4.26. The quantitative estimate of drug-likeness (QED) is 0.496. The van der Waals surface area contributed by atoms with Crippen molar-refractivity contribution in [1.29, 1.82) is 0 Å². The molecule has 2 heterocycles. The smallest absolute Gasteiger partial charge is 0.258 e. The largest absolute Gasteiger partial charge is 0.490 e. The first kappa shape index (κ1) is 25.4. The molecule has 0 saturated carbocycles. The lowest BCUT2D eigenvalue weighted by Gasteiger charge is -2.30. The predicted octanol–water partition coefficient (Wildman–Crippen LogP) is 5.07. The van der Waals surface area contributed by atoms with Gasteiger partial charge in [-0.15, -0.1) is 0 Å². The standard InChI is InChI=1S/C31H32N2O5/c1-21-10-6-8-14-25(23-16-17-28-29(19-23)37-20-36-28)32-30(34)26(18-22-11-4-3-5-12-22)33(2)31(35)24-13-7-9-15-27(24)38-21/h3-9,11-13,15-17,19,21,25-26H,10,14,18,20H2,1-2H3,(H,32,34)/b8-6-/t21-,25-,26-/m0/s1. The second-order valence-corrected chi connectivity index (χ2v) is 9.66. The van der Waals surface area contributed by atoms with E-state index in [2.05, 4.69) is 17.5 Å². The SMILES string of the molecule is C[C@H]1C/C=C\C[C@@H](c2ccc3c(c2)OCO3)NC(=O)[C@H](Cc2ccccc2)N(C)C(=O)c2ccccc2O1. The predicted molar refractivity (Wildman–Crippen MR) is 144 cm³/mol. The van der Waals surface area contributed by atoms with E-state index in [4.69, 9.17) is 14.2 Å². The maximum atomic E-state index is 13.9. The van der Waals surface area contributed by atoms with Gasteiger partial charge < -0.3 is 24.4 Å². The molecule has 7 heteroatoms. The second kappa shape index (κ2) is 11.4. The maximum Gasteiger partial charge on any atom is 0.258 e. The Bertz CT molecular complexity index is 1320.